The molecule has 0 aromatic carbocycles. The molecule has 82 valence electrons. The largest absolute Gasteiger partial charge is 0.344 e. The molecule has 4 N–H and O–H groups in total. The summed E-state index contributed by atoms with van der Waals surface area (Å²) >= 11 is 0. The Kier molecular flexibility index (Phi) is 10.00. The highest BCUT2D eigenvalue weighted by Gasteiger charge is 1.95. The average molecular weight is 211 g/mol. The van der Waals surface area contributed by atoms with Crippen molar-refractivity contribution in [2.45, 2.75) is 45.4 Å². The van der Waals surface area contributed by atoms with Gasteiger partial charge in [-0.1, -0.05) is 38.5 Å². The van der Waals surface area contributed by atoms with Crippen LogP contribution < -0.4 is 6.15 Å². The fourth-order valence-corrected chi connectivity index (χ4v) is 1.06. The van der Waals surface area contributed by atoms with Crippen molar-refractivity contribution in [2.24, 2.45) is 0 Å². The Morgan fingerprint density at radius 2 is 1.15 bits per heavy atom. The monoisotopic (exact) mass is 211 g/mol. The highest BCUT2D eigenvalue weighted by molar-refractivity contribution is 7.85. The van der Waals surface area contributed by atoms with Gasteiger partial charge in [-0.3, -0.25) is 4.55 Å². The van der Waals surface area contributed by atoms with Crippen LogP contribution in [0.5, 0.6) is 0 Å². The van der Waals surface area contributed by atoms with Crippen molar-refractivity contribution in [1.29, 1.82) is 0 Å². The highest BCUT2D eigenvalue weighted by atomic mass is 32.2. The van der Waals surface area contributed by atoms with E-state index in [4.69, 9.17) is 4.55 Å². The van der Waals surface area contributed by atoms with Gasteiger partial charge in [0.1, 0.15) is 0 Å². The third kappa shape index (κ3) is 14.7. The standard InChI is InChI=1S/C6H12.C2H6O3S.H3N/c1-2-4-6-5-3-1;1-2-6(3,4)5;/h1-6H2;2H2,1H3,(H,3,4,5);1H3. The van der Waals surface area contributed by atoms with Gasteiger partial charge in [0.05, 0.1) is 5.75 Å². The first-order valence-electron chi connectivity index (χ1n) is 4.51. The van der Waals surface area contributed by atoms with Crippen LogP contribution in [-0.2, 0) is 10.1 Å². The van der Waals surface area contributed by atoms with E-state index in [1.165, 1.54) is 45.4 Å². The molecule has 0 aromatic heterocycles. The maximum absolute atomic E-state index is 9.56. The Labute approximate surface area is 81.1 Å². The predicted octanol–water partition coefficient (Wildman–Crippen LogP) is 2.40. The van der Waals surface area contributed by atoms with E-state index in [1.54, 1.807) is 0 Å². The second-order valence-corrected chi connectivity index (χ2v) is 4.73. The third-order valence-electron chi connectivity index (χ3n) is 1.86. The minimum atomic E-state index is -3.66. The molecule has 0 atom stereocenters. The molecule has 0 amide bonds. The summed E-state index contributed by atoms with van der Waals surface area (Å²) in [6, 6.07) is 0. The quantitative estimate of drug-likeness (QED) is 0.652. The second kappa shape index (κ2) is 8.47. The van der Waals surface area contributed by atoms with Crippen LogP contribution in [0.2, 0.25) is 0 Å². The Morgan fingerprint density at radius 1 is 1.00 bits per heavy atom. The number of rotatable bonds is 1. The van der Waals surface area contributed by atoms with Crippen LogP contribution in [0.15, 0.2) is 0 Å². The maximum atomic E-state index is 9.56. The van der Waals surface area contributed by atoms with Crippen LogP contribution in [-0.4, -0.2) is 18.7 Å². The zero-order valence-corrected chi connectivity index (χ0v) is 9.15. The first-order chi connectivity index (χ1) is 5.56. The van der Waals surface area contributed by atoms with E-state index in [0.29, 0.717) is 0 Å². The van der Waals surface area contributed by atoms with Gasteiger partial charge in [-0.05, 0) is 6.92 Å². The zero-order valence-electron chi connectivity index (χ0n) is 8.33. The Balaban J connectivity index is 0. The van der Waals surface area contributed by atoms with Gasteiger partial charge in [0.2, 0.25) is 0 Å². The molecule has 0 aromatic rings. The van der Waals surface area contributed by atoms with Gasteiger partial charge in [-0.15, -0.1) is 0 Å². The molecule has 1 fully saturated rings. The predicted molar refractivity (Wildman–Crippen MR) is 54.8 cm³/mol. The molecule has 0 saturated heterocycles. The summed E-state index contributed by atoms with van der Waals surface area (Å²) < 4.78 is 26.9. The summed E-state index contributed by atoms with van der Waals surface area (Å²) in [5.41, 5.74) is 0. The van der Waals surface area contributed by atoms with Crippen molar-refractivity contribution in [2.75, 3.05) is 5.75 Å². The van der Waals surface area contributed by atoms with Crippen molar-refractivity contribution < 1.29 is 13.0 Å². The average Bonchev–Trinajstić information content (AvgIpc) is 2.07. The number of hydrogen-bond acceptors (Lipinski definition) is 3. The Bertz CT molecular complexity index is 174. The summed E-state index contributed by atoms with van der Waals surface area (Å²) in [5, 5.41) is 0. The topological polar surface area (TPSA) is 89.4 Å². The number of hydrogen-bond donors (Lipinski definition) is 2. The van der Waals surface area contributed by atoms with Crippen LogP contribution in [0, 0.1) is 0 Å². The van der Waals surface area contributed by atoms with Gasteiger partial charge in [0.25, 0.3) is 10.1 Å². The fraction of sp³-hybridized carbons (Fsp3) is 1.00. The summed E-state index contributed by atoms with van der Waals surface area (Å²) in [4.78, 5) is 0. The molecule has 0 spiro atoms. The van der Waals surface area contributed by atoms with Crippen molar-refractivity contribution >= 4 is 10.1 Å². The summed E-state index contributed by atoms with van der Waals surface area (Å²) in [6.45, 7) is 1.37. The SMILES string of the molecule is C1CCCCC1.CCS(=O)(=O)O.N. The van der Waals surface area contributed by atoms with E-state index in [1.807, 2.05) is 0 Å². The van der Waals surface area contributed by atoms with Crippen molar-refractivity contribution in [3.8, 4) is 0 Å². The first-order valence-corrected chi connectivity index (χ1v) is 6.12. The van der Waals surface area contributed by atoms with Gasteiger partial charge in [0.15, 0.2) is 0 Å². The lowest BCUT2D eigenvalue weighted by Gasteiger charge is -2.05. The van der Waals surface area contributed by atoms with E-state index in [9.17, 15) is 8.42 Å². The van der Waals surface area contributed by atoms with Crippen LogP contribution in [0.1, 0.15) is 45.4 Å². The van der Waals surface area contributed by atoms with Gasteiger partial charge < -0.3 is 6.15 Å². The molecular formula is C8H21NO3S. The van der Waals surface area contributed by atoms with Crippen molar-refractivity contribution in [1.82, 2.24) is 6.15 Å². The van der Waals surface area contributed by atoms with E-state index in [0.717, 1.165) is 0 Å². The molecule has 1 saturated carbocycles. The fourth-order valence-electron chi connectivity index (χ4n) is 1.06. The molecule has 0 bridgehead atoms. The molecule has 1 rings (SSSR count). The van der Waals surface area contributed by atoms with E-state index in [2.05, 4.69) is 0 Å². The summed E-state index contributed by atoms with van der Waals surface area (Å²) in [5.74, 6) is -0.201. The van der Waals surface area contributed by atoms with Crippen LogP contribution >= 0.6 is 0 Å². The minimum Gasteiger partial charge on any atom is -0.344 e. The van der Waals surface area contributed by atoms with Crippen LogP contribution in [0.4, 0.5) is 0 Å². The third-order valence-corrected chi connectivity index (χ3v) is 2.59. The molecule has 0 aliphatic heterocycles. The molecular weight excluding hydrogens is 190 g/mol. The molecule has 5 heteroatoms. The van der Waals surface area contributed by atoms with Gasteiger partial charge >= 0.3 is 0 Å². The molecule has 13 heavy (non-hydrogen) atoms. The lowest BCUT2D eigenvalue weighted by Crippen LogP contribution is -1.97. The second-order valence-electron chi connectivity index (χ2n) is 2.99. The summed E-state index contributed by atoms with van der Waals surface area (Å²) in [6.07, 6.45) is 9.00. The first kappa shape index (κ1) is 15.3. The Hall–Kier alpha value is -0.130. The lowest BCUT2D eigenvalue weighted by atomic mass is 10.0. The minimum absolute atomic E-state index is 0. The van der Waals surface area contributed by atoms with E-state index in [-0.39, 0.29) is 11.9 Å². The molecule has 0 unspecified atom stereocenters. The smallest absolute Gasteiger partial charge is 0.264 e. The van der Waals surface area contributed by atoms with Crippen LogP contribution in [0.25, 0.3) is 0 Å². The van der Waals surface area contributed by atoms with Gasteiger partial charge in [-0.2, -0.15) is 8.42 Å². The van der Waals surface area contributed by atoms with E-state index >= 15 is 0 Å². The summed E-state index contributed by atoms with van der Waals surface area (Å²) in [7, 11) is -3.66. The van der Waals surface area contributed by atoms with Gasteiger partial charge in [0, 0.05) is 0 Å². The molecule has 0 radical (unpaired) electrons. The van der Waals surface area contributed by atoms with Crippen LogP contribution in [0.3, 0.4) is 0 Å². The van der Waals surface area contributed by atoms with Crippen molar-refractivity contribution in [3.63, 3.8) is 0 Å². The molecule has 0 heterocycles. The highest BCUT2D eigenvalue weighted by Crippen LogP contribution is 2.15. The molecule has 1 aliphatic rings. The van der Waals surface area contributed by atoms with Gasteiger partial charge in [-0.25, -0.2) is 0 Å². The lowest BCUT2D eigenvalue weighted by molar-refractivity contribution is 0.484. The Morgan fingerprint density at radius 3 is 1.23 bits per heavy atom. The molecule has 4 nitrogen and oxygen atoms in total. The maximum Gasteiger partial charge on any atom is 0.264 e. The normalized spacial score (nSPS) is 16.5. The zero-order chi connectivity index (χ0) is 9.45. The molecule has 1 aliphatic carbocycles. The van der Waals surface area contributed by atoms with Crippen molar-refractivity contribution in [3.05, 3.63) is 0 Å². The van der Waals surface area contributed by atoms with E-state index < -0.39 is 10.1 Å².